The summed E-state index contributed by atoms with van der Waals surface area (Å²) in [5.74, 6) is 1.64. The summed E-state index contributed by atoms with van der Waals surface area (Å²) in [5, 5.41) is 7.50. The maximum Gasteiger partial charge on any atom is 0.283 e. The number of aromatic nitrogens is 2. The number of hydrogen-bond acceptors (Lipinski definition) is 5. The van der Waals surface area contributed by atoms with Gasteiger partial charge in [-0.2, -0.15) is 16.9 Å². The molecule has 0 aromatic carbocycles. The summed E-state index contributed by atoms with van der Waals surface area (Å²) < 4.78 is 2.04. The molecule has 0 radical (unpaired) electrons. The molecule has 0 bridgehead atoms. The minimum Gasteiger partial charge on any atom is -0.382 e. The van der Waals surface area contributed by atoms with E-state index in [0.717, 1.165) is 24.5 Å². The molecule has 0 spiro atoms. The molecular weight excluding hydrogens is 340 g/mol. The monoisotopic (exact) mass is 362 g/mol. The maximum absolute atomic E-state index is 12.2. The molecule has 1 N–H and O–H groups in total. The molecule has 0 aliphatic heterocycles. The predicted octanol–water partition coefficient (Wildman–Crippen LogP) is 1.98. The molecule has 0 amide bonds. The fourth-order valence-corrected chi connectivity index (χ4v) is 2.80. The van der Waals surface area contributed by atoms with Gasteiger partial charge < -0.3 is 10.2 Å². The van der Waals surface area contributed by atoms with Crippen molar-refractivity contribution in [2.45, 2.75) is 13.5 Å². The first kappa shape index (κ1) is 17.5. The SMILES string of the molecule is CSCC(C)CNc1cnn(CCN(C)C)c(=O)c1Br. The van der Waals surface area contributed by atoms with E-state index >= 15 is 0 Å². The van der Waals surface area contributed by atoms with Gasteiger partial charge in [0.2, 0.25) is 0 Å². The van der Waals surface area contributed by atoms with Gasteiger partial charge in [-0.1, -0.05) is 6.92 Å². The van der Waals surface area contributed by atoms with Gasteiger partial charge in [-0.15, -0.1) is 0 Å². The molecule has 1 aromatic heterocycles. The molecule has 7 heteroatoms. The van der Waals surface area contributed by atoms with Crippen LogP contribution in [0.15, 0.2) is 15.5 Å². The van der Waals surface area contributed by atoms with E-state index in [2.05, 4.69) is 39.5 Å². The highest BCUT2D eigenvalue weighted by Gasteiger charge is 2.10. The van der Waals surface area contributed by atoms with E-state index in [1.54, 1.807) is 6.20 Å². The Kier molecular flexibility index (Phi) is 7.61. The molecule has 114 valence electrons. The van der Waals surface area contributed by atoms with Gasteiger partial charge in [0.05, 0.1) is 18.4 Å². The third kappa shape index (κ3) is 5.46. The lowest BCUT2D eigenvalue weighted by Gasteiger charge is -2.15. The first-order chi connectivity index (χ1) is 9.45. The molecule has 1 unspecified atom stereocenters. The number of nitrogens with zero attached hydrogens (tertiary/aromatic N) is 3. The molecule has 1 rings (SSSR count). The normalized spacial score (nSPS) is 12.7. The van der Waals surface area contributed by atoms with Crippen LogP contribution < -0.4 is 10.9 Å². The zero-order valence-electron chi connectivity index (χ0n) is 12.5. The van der Waals surface area contributed by atoms with Gasteiger partial charge in [0.15, 0.2) is 0 Å². The highest BCUT2D eigenvalue weighted by Crippen LogP contribution is 2.17. The molecular formula is C13H23BrN4OS. The molecule has 1 heterocycles. The molecule has 5 nitrogen and oxygen atoms in total. The number of halogens is 1. The van der Waals surface area contributed by atoms with Crippen LogP contribution in [-0.4, -0.2) is 53.9 Å². The van der Waals surface area contributed by atoms with Crippen molar-refractivity contribution in [3.63, 3.8) is 0 Å². The van der Waals surface area contributed by atoms with E-state index < -0.39 is 0 Å². The lowest BCUT2D eigenvalue weighted by molar-refractivity contribution is 0.367. The van der Waals surface area contributed by atoms with Crippen LogP contribution in [0.2, 0.25) is 0 Å². The molecule has 1 aromatic rings. The summed E-state index contributed by atoms with van der Waals surface area (Å²) in [4.78, 5) is 14.2. The molecule has 0 fully saturated rings. The van der Waals surface area contributed by atoms with Crippen molar-refractivity contribution in [3.8, 4) is 0 Å². The van der Waals surface area contributed by atoms with E-state index in [-0.39, 0.29) is 5.56 Å². The Morgan fingerprint density at radius 3 is 2.85 bits per heavy atom. The fourth-order valence-electron chi connectivity index (χ4n) is 1.67. The Morgan fingerprint density at radius 2 is 2.25 bits per heavy atom. The van der Waals surface area contributed by atoms with Gasteiger partial charge in [-0.25, -0.2) is 4.68 Å². The Labute approximate surface area is 133 Å². The second-order valence-corrected chi connectivity index (χ2v) is 6.85. The Bertz CT molecular complexity index is 478. The summed E-state index contributed by atoms with van der Waals surface area (Å²) in [6.07, 6.45) is 3.81. The summed E-state index contributed by atoms with van der Waals surface area (Å²) in [7, 11) is 3.95. The van der Waals surface area contributed by atoms with Crippen LogP contribution in [0.5, 0.6) is 0 Å². The van der Waals surface area contributed by atoms with E-state index in [0.29, 0.717) is 16.9 Å². The summed E-state index contributed by atoms with van der Waals surface area (Å²) in [6.45, 7) is 4.40. The van der Waals surface area contributed by atoms with Gasteiger partial charge in [-0.3, -0.25) is 4.79 Å². The van der Waals surface area contributed by atoms with Crippen LogP contribution in [0.25, 0.3) is 0 Å². The maximum atomic E-state index is 12.2. The zero-order valence-corrected chi connectivity index (χ0v) is 14.9. The largest absolute Gasteiger partial charge is 0.382 e. The molecule has 1 atom stereocenters. The quantitative estimate of drug-likeness (QED) is 0.766. The van der Waals surface area contributed by atoms with Crippen LogP contribution in [0.3, 0.4) is 0 Å². The van der Waals surface area contributed by atoms with Crippen LogP contribution in [0.1, 0.15) is 6.92 Å². The summed E-state index contributed by atoms with van der Waals surface area (Å²) in [6, 6.07) is 0. The first-order valence-electron chi connectivity index (χ1n) is 6.58. The van der Waals surface area contributed by atoms with Gasteiger partial charge in [-0.05, 0) is 48.0 Å². The van der Waals surface area contributed by atoms with Gasteiger partial charge in [0.1, 0.15) is 4.47 Å². The number of rotatable bonds is 8. The Morgan fingerprint density at radius 1 is 1.55 bits per heavy atom. The summed E-state index contributed by atoms with van der Waals surface area (Å²) in [5.41, 5.74) is 0.679. The van der Waals surface area contributed by atoms with Crippen LogP contribution in [-0.2, 0) is 6.54 Å². The van der Waals surface area contributed by atoms with E-state index in [9.17, 15) is 4.79 Å². The number of anilines is 1. The highest BCUT2D eigenvalue weighted by atomic mass is 79.9. The average molecular weight is 363 g/mol. The van der Waals surface area contributed by atoms with Crippen molar-refractivity contribution in [3.05, 3.63) is 21.0 Å². The molecule has 20 heavy (non-hydrogen) atoms. The van der Waals surface area contributed by atoms with Gasteiger partial charge in [0.25, 0.3) is 5.56 Å². The minimum absolute atomic E-state index is 0.0885. The van der Waals surface area contributed by atoms with Crippen molar-refractivity contribution in [2.75, 3.05) is 44.5 Å². The van der Waals surface area contributed by atoms with Crippen molar-refractivity contribution in [1.82, 2.24) is 14.7 Å². The third-order valence-electron chi connectivity index (χ3n) is 2.84. The van der Waals surface area contributed by atoms with Crippen molar-refractivity contribution < 1.29 is 0 Å². The lowest BCUT2D eigenvalue weighted by Crippen LogP contribution is -2.29. The number of hydrogen-bond donors (Lipinski definition) is 1. The standard InChI is InChI=1S/C13H23BrN4OS/c1-10(9-20-4)7-15-11-8-16-18(6-5-17(2)3)13(19)12(11)14/h8,10,15H,5-7,9H2,1-4H3. The number of nitrogens with one attached hydrogen (secondary N) is 1. The second-order valence-electron chi connectivity index (χ2n) is 5.15. The number of thioether (sulfide) groups is 1. The van der Waals surface area contributed by atoms with Crippen LogP contribution in [0, 0.1) is 5.92 Å². The molecule has 0 aliphatic rings. The third-order valence-corrected chi connectivity index (χ3v) is 4.50. The Hall–Kier alpha value is -0.530. The molecule has 0 aliphatic carbocycles. The molecule has 0 saturated heterocycles. The predicted molar refractivity (Wildman–Crippen MR) is 90.8 cm³/mol. The summed E-state index contributed by atoms with van der Waals surface area (Å²) >= 11 is 5.20. The van der Waals surface area contributed by atoms with Crippen molar-refractivity contribution in [1.29, 1.82) is 0 Å². The van der Waals surface area contributed by atoms with Gasteiger partial charge in [0, 0.05) is 13.1 Å². The zero-order chi connectivity index (χ0) is 15.1. The van der Waals surface area contributed by atoms with Crippen LogP contribution >= 0.6 is 27.7 Å². The minimum atomic E-state index is -0.0885. The van der Waals surface area contributed by atoms with Gasteiger partial charge >= 0.3 is 0 Å². The smallest absolute Gasteiger partial charge is 0.283 e. The lowest BCUT2D eigenvalue weighted by atomic mass is 10.2. The van der Waals surface area contributed by atoms with Crippen molar-refractivity contribution >= 4 is 33.4 Å². The molecule has 0 saturated carbocycles. The van der Waals surface area contributed by atoms with E-state index in [1.807, 2.05) is 30.8 Å². The average Bonchev–Trinajstić information content (AvgIpc) is 2.39. The van der Waals surface area contributed by atoms with Crippen LogP contribution in [0.4, 0.5) is 5.69 Å². The highest BCUT2D eigenvalue weighted by molar-refractivity contribution is 9.10. The fraction of sp³-hybridized carbons (Fsp3) is 0.692. The van der Waals surface area contributed by atoms with Crippen molar-refractivity contribution in [2.24, 2.45) is 5.92 Å². The second kappa shape index (κ2) is 8.69. The van der Waals surface area contributed by atoms with E-state index in [4.69, 9.17) is 0 Å². The van der Waals surface area contributed by atoms with E-state index in [1.165, 1.54) is 4.68 Å². The Balaban J connectivity index is 2.71. The topological polar surface area (TPSA) is 50.2 Å². The number of likely N-dealkylation sites (N-methyl/N-ethyl adjacent to an activating group) is 1. The first-order valence-corrected chi connectivity index (χ1v) is 8.77.